The molecule has 19 heavy (non-hydrogen) atoms. The quantitative estimate of drug-likeness (QED) is 0.379. The highest BCUT2D eigenvalue weighted by atomic mass is 16.5. The Balaban J connectivity index is 3.22. The first-order valence-electron chi connectivity index (χ1n) is 5.21. The third-order valence-electron chi connectivity index (χ3n) is 2.26. The van der Waals surface area contributed by atoms with Crippen LogP contribution in [0, 0.1) is 0 Å². The van der Waals surface area contributed by atoms with Crippen LogP contribution in [0.5, 0.6) is 0 Å². The molecule has 0 fully saturated rings. The number of carbonyl (C=O) groups is 3. The van der Waals surface area contributed by atoms with Gasteiger partial charge in [0.05, 0.1) is 19.8 Å². The molecule has 0 atom stereocenters. The van der Waals surface area contributed by atoms with Crippen LogP contribution in [0.3, 0.4) is 0 Å². The maximum atomic E-state index is 11.4. The predicted octanol–water partition coefficient (Wildman–Crippen LogP) is 1.11. The molecule has 0 aliphatic rings. The number of ether oxygens (including phenoxy) is 2. The lowest BCUT2D eigenvalue weighted by atomic mass is 10.1. The minimum Gasteiger partial charge on any atom is -0.478 e. The van der Waals surface area contributed by atoms with E-state index in [-0.39, 0.29) is 11.1 Å². The molecule has 6 heteroatoms. The largest absolute Gasteiger partial charge is 0.478 e. The number of hydrogen-bond donors (Lipinski definition) is 1. The fourth-order valence-electron chi connectivity index (χ4n) is 1.35. The van der Waals surface area contributed by atoms with Crippen molar-refractivity contribution in [3.63, 3.8) is 0 Å². The number of esters is 2. The van der Waals surface area contributed by atoms with Crippen molar-refractivity contribution in [1.29, 1.82) is 0 Å². The van der Waals surface area contributed by atoms with Crippen LogP contribution in [0.2, 0.25) is 0 Å². The number of methoxy groups -OCH3 is 2. The van der Waals surface area contributed by atoms with E-state index in [1.807, 2.05) is 0 Å². The molecular weight excluding hydrogens is 252 g/mol. The summed E-state index contributed by atoms with van der Waals surface area (Å²) in [5.74, 6) is -2.81. The average molecular weight is 264 g/mol. The molecule has 0 aromatic heterocycles. The van der Waals surface area contributed by atoms with Crippen molar-refractivity contribution in [2.75, 3.05) is 14.2 Å². The van der Waals surface area contributed by atoms with Gasteiger partial charge in [-0.3, -0.25) is 0 Å². The normalized spacial score (nSPS) is 9.37. The molecule has 1 rings (SSSR count). The first kappa shape index (κ1) is 14.4. The van der Waals surface area contributed by atoms with Gasteiger partial charge in [0, 0.05) is 0 Å². The number of hydrogen-bond acceptors (Lipinski definition) is 5. The Hall–Kier alpha value is -2.63. The van der Waals surface area contributed by atoms with Crippen molar-refractivity contribution in [3.8, 4) is 0 Å². The van der Waals surface area contributed by atoms with Crippen LogP contribution in [0.15, 0.2) is 29.8 Å². The summed E-state index contributed by atoms with van der Waals surface area (Å²) in [6.45, 7) is 0. The second-order valence-electron chi connectivity index (χ2n) is 3.47. The van der Waals surface area contributed by atoms with Crippen molar-refractivity contribution in [2.45, 2.75) is 0 Å². The third-order valence-corrected chi connectivity index (χ3v) is 2.26. The smallest absolute Gasteiger partial charge is 0.345 e. The summed E-state index contributed by atoms with van der Waals surface area (Å²) in [6, 6.07) is 5.78. The Morgan fingerprint density at radius 1 is 1.11 bits per heavy atom. The molecule has 0 saturated carbocycles. The van der Waals surface area contributed by atoms with Gasteiger partial charge < -0.3 is 14.6 Å². The van der Waals surface area contributed by atoms with Crippen LogP contribution in [-0.2, 0) is 19.1 Å². The fourth-order valence-corrected chi connectivity index (χ4v) is 1.35. The molecule has 0 amide bonds. The van der Waals surface area contributed by atoms with Crippen LogP contribution in [-0.4, -0.2) is 37.2 Å². The van der Waals surface area contributed by atoms with Crippen molar-refractivity contribution >= 4 is 24.0 Å². The van der Waals surface area contributed by atoms with Crippen LogP contribution in [0.25, 0.3) is 6.08 Å². The highest BCUT2D eigenvalue weighted by Crippen LogP contribution is 2.12. The lowest BCUT2D eigenvalue weighted by molar-refractivity contribution is -0.143. The summed E-state index contributed by atoms with van der Waals surface area (Å²) >= 11 is 0. The Kier molecular flexibility index (Phi) is 4.82. The first-order chi connectivity index (χ1) is 8.99. The Morgan fingerprint density at radius 3 is 2.16 bits per heavy atom. The number of carboxylic acid groups (broad SMARTS) is 1. The number of aromatic carboxylic acids is 1. The van der Waals surface area contributed by atoms with Crippen molar-refractivity contribution in [2.24, 2.45) is 0 Å². The highest BCUT2D eigenvalue weighted by Gasteiger charge is 2.19. The molecule has 100 valence electrons. The van der Waals surface area contributed by atoms with Crippen LogP contribution < -0.4 is 0 Å². The van der Waals surface area contributed by atoms with Gasteiger partial charge in [-0.05, 0) is 23.8 Å². The van der Waals surface area contributed by atoms with E-state index in [9.17, 15) is 14.4 Å². The number of rotatable bonds is 4. The van der Waals surface area contributed by atoms with Crippen molar-refractivity contribution in [3.05, 3.63) is 41.0 Å². The predicted molar refractivity (Wildman–Crippen MR) is 65.4 cm³/mol. The van der Waals surface area contributed by atoms with Gasteiger partial charge in [0.2, 0.25) is 0 Å². The first-order valence-corrected chi connectivity index (χ1v) is 5.21. The maximum absolute atomic E-state index is 11.4. The van der Waals surface area contributed by atoms with Gasteiger partial charge in [0.25, 0.3) is 0 Å². The summed E-state index contributed by atoms with van der Waals surface area (Å²) in [6.07, 6.45) is 1.21. The standard InChI is InChI=1S/C13H12O6/c1-18-12(16)10(13(17)19-2)7-8-4-3-5-9(6-8)11(14)15/h3-7H,1-2H3,(H,14,15). The highest BCUT2D eigenvalue weighted by molar-refractivity contribution is 6.17. The van der Waals surface area contributed by atoms with E-state index in [2.05, 4.69) is 9.47 Å². The minimum atomic E-state index is -1.10. The van der Waals surface area contributed by atoms with Crippen LogP contribution in [0.1, 0.15) is 15.9 Å². The second-order valence-corrected chi connectivity index (χ2v) is 3.47. The lowest BCUT2D eigenvalue weighted by Crippen LogP contribution is -2.15. The Labute approximate surface area is 109 Å². The summed E-state index contributed by atoms with van der Waals surface area (Å²) in [7, 11) is 2.26. The van der Waals surface area contributed by atoms with Gasteiger partial charge in [-0.15, -0.1) is 0 Å². The molecule has 1 aromatic rings. The molecule has 0 aliphatic carbocycles. The zero-order valence-electron chi connectivity index (χ0n) is 10.4. The average Bonchev–Trinajstić information content (AvgIpc) is 2.43. The molecule has 1 aromatic carbocycles. The van der Waals surface area contributed by atoms with Gasteiger partial charge in [-0.1, -0.05) is 12.1 Å². The third kappa shape index (κ3) is 3.67. The van der Waals surface area contributed by atoms with Crippen LogP contribution in [0.4, 0.5) is 0 Å². The van der Waals surface area contributed by atoms with Gasteiger partial charge >= 0.3 is 17.9 Å². The van der Waals surface area contributed by atoms with Gasteiger partial charge in [-0.25, -0.2) is 14.4 Å². The van der Waals surface area contributed by atoms with Crippen LogP contribution >= 0.6 is 0 Å². The number of carbonyl (C=O) groups excluding carboxylic acids is 2. The molecule has 0 bridgehead atoms. The van der Waals surface area contributed by atoms with Gasteiger partial charge in [0.15, 0.2) is 0 Å². The van der Waals surface area contributed by atoms with Gasteiger partial charge in [0.1, 0.15) is 5.57 Å². The van der Waals surface area contributed by atoms with E-state index in [0.717, 1.165) is 14.2 Å². The van der Waals surface area contributed by atoms with E-state index in [4.69, 9.17) is 5.11 Å². The molecule has 6 nitrogen and oxygen atoms in total. The van der Waals surface area contributed by atoms with E-state index >= 15 is 0 Å². The zero-order valence-corrected chi connectivity index (χ0v) is 10.4. The SMILES string of the molecule is COC(=O)C(=Cc1cccc(C(=O)O)c1)C(=O)OC. The minimum absolute atomic E-state index is 0.0443. The molecule has 0 radical (unpaired) electrons. The van der Waals surface area contributed by atoms with E-state index in [1.54, 1.807) is 6.07 Å². The monoisotopic (exact) mass is 264 g/mol. The fraction of sp³-hybridized carbons (Fsp3) is 0.154. The topological polar surface area (TPSA) is 89.9 Å². The summed E-state index contributed by atoms with van der Waals surface area (Å²) in [5, 5.41) is 8.85. The summed E-state index contributed by atoms with van der Waals surface area (Å²) < 4.78 is 8.92. The molecule has 0 aliphatic heterocycles. The van der Waals surface area contributed by atoms with Gasteiger partial charge in [-0.2, -0.15) is 0 Å². The zero-order chi connectivity index (χ0) is 14.4. The molecular formula is C13H12O6. The second kappa shape index (κ2) is 6.34. The molecule has 0 unspecified atom stereocenters. The van der Waals surface area contributed by atoms with Crippen molar-refractivity contribution in [1.82, 2.24) is 0 Å². The van der Waals surface area contributed by atoms with E-state index < -0.39 is 17.9 Å². The Morgan fingerprint density at radius 2 is 1.68 bits per heavy atom. The molecule has 0 spiro atoms. The Bertz CT molecular complexity index is 526. The summed E-state index contributed by atoms with van der Waals surface area (Å²) in [5.41, 5.74) is 0.112. The molecule has 1 N–H and O–H groups in total. The molecule has 0 saturated heterocycles. The lowest BCUT2D eigenvalue weighted by Gasteiger charge is -2.04. The van der Waals surface area contributed by atoms with E-state index in [1.165, 1.54) is 24.3 Å². The maximum Gasteiger partial charge on any atom is 0.345 e. The number of carboxylic acids is 1. The summed E-state index contributed by atoms with van der Waals surface area (Å²) in [4.78, 5) is 33.7. The number of benzene rings is 1. The molecule has 0 heterocycles. The van der Waals surface area contributed by atoms with E-state index in [0.29, 0.717) is 5.56 Å². The van der Waals surface area contributed by atoms with Crippen molar-refractivity contribution < 1.29 is 29.0 Å².